The maximum absolute atomic E-state index is 13.6. The van der Waals surface area contributed by atoms with Crippen LogP contribution in [0.1, 0.15) is 11.6 Å². The highest BCUT2D eigenvalue weighted by atomic mass is 35.5. The Morgan fingerprint density at radius 2 is 1.53 bits per heavy atom. The van der Waals surface area contributed by atoms with Crippen LogP contribution in [0.4, 0.5) is 17.1 Å². The highest BCUT2D eigenvalue weighted by Gasteiger charge is 2.60. The molecule has 2 fully saturated rings. The Hall–Kier alpha value is -3.35. The molecule has 3 atom stereocenters. The first-order valence-corrected chi connectivity index (χ1v) is 10.8. The van der Waals surface area contributed by atoms with E-state index in [1.807, 2.05) is 73.6 Å². The van der Waals surface area contributed by atoms with Crippen LogP contribution in [0.2, 0.25) is 5.02 Å². The topological polar surface area (TPSA) is 53.1 Å². The minimum Gasteiger partial charge on any atom is -0.378 e. The summed E-state index contributed by atoms with van der Waals surface area (Å²) in [7, 11) is 3.95. The van der Waals surface area contributed by atoms with Crippen LogP contribution in [-0.4, -0.2) is 32.0 Å². The van der Waals surface area contributed by atoms with Gasteiger partial charge in [-0.1, -0.05) is 48.0 Å². The van der Waals surface area contributed by atoms with Crippen molar-refractivity contribution in [1.29, 1.82) is 0 Å². The van der Waals surface area contributed by atoms with Gasteiger partial charge in [-0.3, -0.25) is 14.4 Å². The lowest BCUT2D eigenvalue weighted by molar-refractivity contribution is -0.126. The fourth-order valence-electron chi connectivity index (χ4n) is 4.39. The number of carbonyl (C=O) groups excluding carboxylic acids is 2. The molecule has 6 nitrogen and oxygen atoms in total. The number of nitrogens with zero attached hydrogens (tertiary/aromatic N) is 3. The minimum absolute atomic E-state index is 0.289. The molecule has 3 unspecified atom stereocenters. The van der Waals surface area contributed by atoms with Crippen molar-refractivity contribution >= 4 is 40.5 Å². The van der Waals surface area contributed by atoms with Gasteiger partial charge in [0.1, 0.15) is 5.92 Å². The maximum Gasteiger partial charge on any atom is 0.266 e. The summed E-state index contributed by atoms with van der Waals surface area (Å²) in [6.07, 6.45) is -0.903. The Kier molecular flexibility index (Phi) is 5.12. The number of imide groups is 1. The van der Waals surface area contributed by atoms with Gasteiger partial charge in [0.25, 0.3) is 5.91 Å². The second-order valence-electron chi connectivity index (χ2n) is 8.14. The summed E-state index contributed by atoms with van der Waals surface area (Å²) in [6.45, 7) is 0. The fourth-order valence-corrected chi connectivity index (χ4v) is 4.58. The first kappa shape index (κ1) is 20.5. The van der Waals surface area contributed by atoms with Crippen molar-refractivity contribution in [1.82, 2.24) is 0 Å². The summed E-state index contributed by atoms with van der Waals surface area (Å²) in [4.78, 5) is 36.3. The average Bonchev–Trinajstić information content (AvgIpc) is 3.30. The summed E-state index contributed by atoms with van der Waals surface area (Å²) in [5, 5.41) is 2.16. The molecule has 0 bridgehead atoms. The van der Waals surface area contributed by atoms with Gasteiger partial charge in [0.2, 0.25) is 5.91 Å². The summed E-state index contributed by atoms with van der Waals surface area (Å²) in [6, 6.07) is 23.8. The summed E-state index contributed by atoms with van der Waals surface area (Å²) < 4.78 is 0. The Balaban J connectivity index is 1.57. The van der Waals surface area contributed by atoms with Gasteiger partial charge in [0.15, 0.2) is 6.10 Å². The van der Waals surface area contributed by atoms with E-state index in [4.69, 9.17) is 16.4 Å². The number of fused-ring (bicyclic) bond motifs is 1. The van der Waals surface area contributed by atoms with Crippen molar-refractivity contribution in [2.75, 3.05) is 29.0 Å². The lowest BCUT2D eigenvalue weighted by Crippen LogP contribution is -2.37. The number of carbonyl (C=O) groups is 2. The molecule has 3 aromatic rings. The van der Waals surface area contributed by atoms with Crippen LogP contribution in [0.3, 0.4) is 0 Å². The van der Waals surface area contributed by atoms with Gasteiger partial charge < -0.3 is 4.90 Å². The standard InChI is InChI=1S/C25H22ClN3O3/c1-27(2)18-13-11-16(12-14-18)22-21-23(32-29(22)19-8-4-3-5-9-19)25(31)28(24(21)30)20-10-6-7-17(26)15-20/h3-15,21-23H,1-2H3. The Morgan fingerprint density at radius 1 is 0.844 bits per heavy atom. The largest absolute Gasteiger partial charge is 0.378 e. The van der Waals surface area contributed by atoms with Gasteiger partial charge in [-0.15, -0.1) is 0 Å². The van der Waals surface area contributed by atoms with Crippen LogP contribution in [0.15, 0.2) is 78.9 Å². The van der Waals surface area contributed by atoms with Gasteiger partial charge in [-0.05, 0) is 48.0 Å². The zero-order valence-electron chi connectivity index (χ0n) is 17.7. The van der Waals surface area contributed by atoms with Crippen molar-refractivity contribution in [2.24, 2.45) is 5.92 Å². The van der Waals surface area contributed by atoms with Gasteiger partial charge in [0.05, 0.1) is 17.4 Å². The smallest absolute Gasteiger partial charge is 0.266 e. The second-order valence-corrected chi connectivity index (χ2v) is 8.57. The molecule has 2 aliphatic rings. The normalized spacial score (nSPS) is 22.4. The molecular formula is C25H22ClN3O3. The van der Waals surface area contributed by atoms with E-state index in [1.54, 1.807) is 29.3 Å². The number of rotatable bonds is 4. The van der Waals surface area contributed by atoms with Crippen LogP contribution in [-0.2, 0) is 14.4 Å². The minimum atomic E-state index is -0.903. The predicted octanol–water partition coefficient (Wildman–Crippen LogP) is 4.46. The van der Waals surface area contributed by atoms with Crippen LogP contribution < -0.4 is 14.9 Å². The van der Waals surface area contributed by atoms with E-state index < -0.39 is 18.1 Å². The Bertz CT molecular complexity index is 1170. The third-order valence-corrected chi connectivity index (χ3v) is 6.18. The monoisotopic (exact) mass is 447 g/mol. The number of anilines is 3. The molecule has 0 saturated carbocycles. The number of amides is 2. The maximum atomic E-state index is 13.6. The van der Waals surface area contributed by atoms with Crippen molar-refractivity contribution in [3.63, 3.8) is 0 Å². The van der Waals surface area contributed by atoms with E-state index in [-0.39, 0.29) is 11.8 Å². The third kappa shape index (κ3) is 3.32. The van der Waals surface area contributed by atoms with Crippen LogP contribution in [0, 0.1) is 5.92 Å². The average molecular weight is 448 g/mol. The second kappa shape index (κ2) is 7.97. The number of benzene rings is 3. The molecule has 2 saturated heterocycles. The lowest BCUT2D eigenvalue weighted by Gasteiger charge is -2.29. The molecule has 0 N–H and O–H groups in total. The van der Waals surface area contributed by atoms with Crippen LogP contribution in [0.25, 0.3) is 0 Å². The number of hydrogen-bond acceptors (Lipinski definition) is 5. The lowest BCUT2D eigenvalue weighted by atomic mass is 9.90. The highest BCUT2D eigenvalue weighted by Crippen LogP contribution is 2.47. The molecule has 5 rings (SSSR count). The molecule has 32 heavy (non-hydrogen) atoms. The van der Waals surface area contributed by atoms with Crippen molar-refractivity contribution in [2.45, 2.75) is 12.1 Å². The third-order valence-electron chi connectivity index (χ3n) is 5.94. The summed E-state index contributed by atoms with van der Waals surface area (Å²) >= 11 is 6.11. The molecule has 0 aliphatic carbocycles. The molecule has 2 amide bonds. The molecule has 0 spiro atoms. The van der Waals surface area contributed by atoms with E-state index in [9.17, 15) is 9.59 Å². The van der Waals surface area contributed by atoms with Crippen molar-refractivity contribution < 1.29 is 14.4 Å². The van der Waals surface area contributed by atoms with Gasteiger partial charge >= 0.3 is 0 Å². The fraction of sp³-hybridized carbons (Fsp3) is 0.200. The number of hydroxylamine groups is 1. The van der Waals surface area contributed by atoms with E-state index in [0.29, 0.717) is 10.7 Å². The van der Waals surface area contributed by atoms with Crippen LogP contribution >= 0.6 is 11.6 Å². The van der Waals surface area contributed by atoms with E-state index in [2.05, 4.69) is 0 Å². The molecule has 162 valence electrons. The molecular weight excluding hydrogens is 426 g/mol. The molecule has 3 aromatic carbocycles. The van der Waals surface area contributed by atoms with Crippen molar-refractivity contribution in [3.8, 4) is 0 Å². The SMILES string of the molecule is CN(C)c1ccc(C2C3C(=O)N(c4cccc(Cl)c4)C(=O)C3ON2c2ccccc2)cc1. The van der Waals surface area contributed by atoms with Gasteiger partial charge in [0, 0.05) is 24.8 Å². The zero-order chi connectivity index (χ0) is 22.4. The molecule has 0 aromatic heterocycles. The summed E-state index contributed by atoms with van der Waals surface area (Å²) in [5.41, 5.74) is 3.20. The first-order valence-electron chi connectivity index (χ1n) is 10.4. The first-order chi connectivity index (χ1) is 15.5. The number of para-hydroxylation sites is 1. The Labute approximate surface area is 191 Å². The quantitative estimate of drug-likeness (QED) is 0.553. The summed E-state index contributed by atoms with van der Waals surface area (Å²) in [5.74, 6) is -1.34. The highest BCUT2D eigenvalue weighted by molar-refractivity contribution is 6.31. The van der Waals surface area contributed by atoms with Gasteiger partial charge in [-0.2, -0.15) is 0 Å². The molecule has 2 aliphatic heterocycles. The van der Waals surface area contributed by atoms with Crippen molar-refractivity contribution in [3.05, 3.63) is 89.4 Å². The van der Waals surface area contributed by atoms with Crippen LogP contribution in [0.5, 0.6) is 0 Å². The van der Waals surface area contributed by atoms with E-state index >= 15 is 0 Å². The molecule has 2 heterocycles. The number of halogens is 1. The Morgan fingerprint density at radius 3 is 2.19 bits per heavy atom. The van der Waals surface area contributed by atoms with E-state index in [0.717, 1.165) is 16.9 Å². The molecule has 7 heteroatoms. The van der Waals surface area contributed by atoms with E-state index in [1.165, 1.54) is 4.90 Å². The molecule has 0 radical (unpaired) electrons. The number of hydrogen-bond donors (Lipinski definition) is 0. The zero-order valence-corrected chi connectivity index (χ0v) is 18.4. The van der Waals surface area contributed by atoms with Gasteiger partial charge in [-0.25, -0.2) is 9.96 Å². The predicted molar refractivity (Wildman–Crippen MR) is 125 cm³/mol.